The highest BCUT2D eigenvalue weighted by atomic mass is 32.2. The molecule has 0 fully saturated rings. The summed E-state index contributed by atoms with van der Waals surface area (Å²) in [6.07, 6.45) is 0. The van der Waals surface area contributed by atoms with Gasteiger partial charge in [0.25, 0.3) is 5.91 Å². The third-order valence-corrected chi connectivity index (χ3v) is 6.24. The molecule has 0 radical (unpaired) electrons. The first-order chi connectivity index (χ1) is 12.0. The Labute approximate surface area is 146 Å². The predicted octanol–water partition coefficient (Wildman–Crippen LogP) is 2.17. The van der Waals surface area contributed by atoms with Crippen LogP contribution in [0.3, 0.4) is 0 Å². The van der Waals surface area contributed by atoms with Gasteiger partial charge in [0.2, 0.25) is 15.0 Å². The maximum Gasteiger partial charge on any atom is 0.257 e. The molecule has 3 aromatic rings. The molecule has 1 N–H and O–H groups in total. The lowest BCUT2D eigenvalue weighted by molar-refractivity contribution is 0.101. The summed E-state index contributed by atoms with van der Waals surface area (Å²) >= 11 is 1.14. The maximum atomic E-state index is 12.8. The normalized spacial score (nSPS) is 14.5. The van der Waals surface area contributed by atoms with Crippen molar-refractivity contribution in [2.24, 2.45) is 0 Å². The number of amides is 1. The Morgan fingerprint density at radius 1 is 1.04 bits per heavy atom. The highest BCUT2D eigenvalue weighted by molar-refractivity contribution is 7.91. The minimum atomic E-state index is -3.88. The fourth-order valence-electron chi connectivity index (χ4n) is 2.62. The first-order valence-corrected chi connectivity index (χ1v) is 9.45. The van der Waals surface area contributed by atoms with Crippen LogP contribution in [0, 0.1) is 0 Å². The lowest BCUT2D eigenvalue weighted by atomic mass is 10.0. The number of hydrogen-bond acceptors (Lipinski definition) is 7. The first-order valence-electron chi connectivity index (χ1n) is 7.09. The fraction of sp³-hybridized carbons (Fsp3) is 0. The number of carbonyl (C=O) groups excluding carboxylic acids is 2. The van der Waals surface area contributed by atoms with Crippen LogP contribution in [0.25, 0.3) is 0 Å². The Morgan fingerprint density at radius 3 is 2.56 bits per heavy atom. The van der Waals surface area contributed by atoms with Crippen molar-refractivity contribution in [2.45, 2.75) is 9.79 Å². The van der Waals surface area contributed by atoms with Crippen LogP contribution in [-0.4, -0.2) is 30.3 Å². The van der Waals surface area contributed by atoms with Crippen molar-refractivity contribution in [1.82, 2.24) is 10.2 Å². The number of sulfone groups is 1. The van der Waals surface area contributed by atoms with Gasteiger partial charge >= 0.3 is 0 Å². The number of benzene rings is 2. The van der Waals surface area contributed by atoms with Crippen molar-refractivity contribution in [3.8, 4) is 0 Å². The number of fused-ring (bicyclic) bond motifs is 2. The molecule has 0 aliphatic carbocycles. The number of anilines is 1. The topological polar surface area (TPSA) is 106 Å². The minimum absolute atomic E-state index is 0.0471. The van der Waals surface area contributed by atoms with Crippen LogP contribution in [0.15, 0.2) is 57.8 Å². The van der Waals surface area contributed by atoms with Crippen LogP contribution >= 0.6 is 11.3 Å². The van der Waals surface area contributed by atoms with E-state index >= 15 is 0 Å². The van der Waals surface area contributed by atoms with Gasteiger partial charge in [-0.05, 0) is 30.3 Å². The zero-order chi connectivity index (χ0) is 17.6. The average Bonchev–Trinajstić information content (AvgIpc) is 3.12. The van der Waals surface area contributed by atoms with Crippen LogP contribution in [-0.2, 0) is 9.84 Å². The fourth-order valence-corrected chi connectivity index (χ4v) is 4.74. The molecular formula is C16H9N3O4S2. The number of aromatic nitrogens is 2. The molecule has 0 saturated heterocycles. The van der Waals surface area contributed by atoms with E-state index in [1.807, 2.05) is 0 Å². The van der Waals surface area contributed by atoms with E-state index in [-0.39, 0.29) is 32.3 Å². The minimum Gasteiger partial charge on any atom is -0.296 e. The highest BCUT2D eigenvalue weighted by Gasteiger charge is 2.35. The summed E-state index contributed by atoms with van der Waals surface area (Å²) < 4.78 is 25.7. The summed E-state index contributed by atoms with van der Waals surface area (Å²) in [4.78, 5) is 24.6. The highest BCUT2D eigenvalue weighted by Crippen LogP contribution is 2.34. The third kappa shape index (κ3) is 2.44. The van der Waals surface area contributed by atoms with E-state index in [1.54, 1.807) is 12.1 Å². The maximum absolute atomic E-state index is 12.8. The van der Waals surface area contributed by atoms with E-state index < -0.39 is 15.7 Å². The molecule has 1 aliphatic rings. The largest absolute Gasteiger partial charge is 0.296 e. The number of nitrogens with one attached hydrogen (secondary N) is 1. The molecule has 2 aromatic carbocycles. The first kappa shape index (κ1) is 15.6. The monoisotopic (exact) mass is 371 g/mol. The molecule has 0 spiro atoms. The van der Waals surface area contributed by atoms with Gasteiger partial charge in [0, 0.05) is 16.7 Å². The molecular weight excluding hydrogens is 362 g/mol. The molecule has 7 nitrogen and oxygen atoms in total. The summed E-state index contributed by atoms with van der Waals surface area (Å²) in [5, 5.41) is 10.1. The molecule has 124 valence electrons. The van der Waals surface area contributed by atoms with Gasteiger partial charge in [-0.25, -0.2) is 8.42 Å². The molecule has 0 atom stereocenters. The molecule has 1 aromatic heterocycles. The standard InChI is InChI=1S/C16H9N3O4S2/c20-14-10-3-1-2-4-12(10)25(22,23)13-7-9(5-6-11(13)14)15(21)18-16-19-17-8-24-16/h1-8H,(H,18,19,21). The van der Waals surface area contributed by atoms with Crippen LogP contribution in [0.5, 0.6) is 0 Å². The van der Waals surface area contributed by atoms with Crippen molar-refractivity contribution >= 4 is 38.0 Å². The van der Waals surface area contributed by atoms with Crippen molar-refractivity contribution in [1.29, 1.82) is 0 Å². The SMILES string of the molecule is O=C(Nc1nncs1)c1ccc2c(c1)S(=O)(=O)c1ccccc1C2=O. The van der Waals surface area contributed by atoms with E-state index in [4.69, 9.17) is 0 Å². The number of nitrogens with zero attached hydrogens (tertiary/aromatic N) is 2. The van der Waals surface area contributed by atoms with Gasteiger partial charge in [-0.15, -0.1) is 10.2 Å². The quantitative estimate of drug-likeness (QED) is 0.579. The van der Waals surface area contributed by atoms with E-state index in [0.29, 0.717) is 5.13 Å². The molecule has 2 heterocycles. The molecule has 9 heteroatoms. The number of rotatable bonds is 2. The second-order valence-electron chi connectivity index (χ2n) is 5.24. The zero-order valence-corrected chi connectivity index (χ0v) is 14.1. The second-order valence-corrected chi connectivity index (χ2v) is 7.96. The van der Waals surface area contributed by atoms with Gasteiger partial charge in [-0.2, -0.15) is 0 Å². The van der Waals surface area contributed by atoms with Crippen LogP contribution in [0.1, 0.15) is 26.3 Å². The molecule has 1 aliphatic heterocycles. The molecule has 0 bridgehead atoms. The van der Waals surface area contributed by atoms with E-state index in [2.05, 4.69) is 15.5 Å². The Hall–Kier alpha value is -2.91. The van der Waals surface area contributed by atoms with Crippen molar-refractivity contribution in [3.05, 3.63) is 64.7 Å². The van der Waals surface area contributed by atoms with Crippen LogP contribution in [0.4, 0.5) is 5.13 Å². The van der Waals surface area contributed by atoms with Gasteiger partial charge in [0.1, 0.15) is 5.51 Å². The van der Waals surface area contributed by atoms with E-state index in [0.717, 1.165) is 11.3 Å². The second kappa shape index (κ2) is 5.57. The number of ketones is 1. The molecule has 25 heavy (non-hydrogen) atoms. The smallest absolute Gasteiger partial charge is 0.257 e. The van der Waals surface area contributed by atoms with Gasteiger partial charge in [-0.3, -0.25) is 14.9 Å². The lowest BCUT2D eigenvalue weighted by Crippen LogP contribution is -2.21. The summed E-state index contributed by atoms with van der Waals surface area (Å²) in [5.41, 5.74) is 1.78. The van der Waals surface area contributed by atoms with E-state index in [1.165, 1.54) is 35.8 Å². The van der Waals surface area contributed by atoms with Gasteiger partial charge < -0.3 is 0 Å². The Kier molecular flexibility index (Phi) is 3.48. The van der Waals surface area contributed by atoms with Crippen LogP contribution < -0.4 is 5.32 Å². The summed E-state index contributed by atoms with van der Waals surface area (Å²) in [5.74, 6) is -0.905. The summed E-state index contributed by atoms with van der Waals surface area (Å²) in [6.45, 7) is 0. The summed E-state index contributed by atoms with van der Waals surface area (Å²) in [6, 6.07) is 10.0. The third-order valence-electron chi connectivity index (χ3n) is 3.78. The Bertz CT molecular complexity index is 1120. The molecule has 4 rings (SSSR count). The summed E-state index contributed by atoms with van der Waals surface area (Å²) in [7, 11) is -3.88. The number of hydrogen-bond donors (Lipinski definition) is 1. The predicted molar refractivity (Wildman–Crippen MR) is 89.6 cm³/mol. The average molecular weight is 371 g/mol. The molecule has 1 amide bonds. The van der Waals surface area contributed by atoms with Crippen molar-refractivity contribution in [2.75, 3.05) is 5.32 Å². The Balaban J connectivity index is 1.81. The Morgan fingerprint density at radius 2 is 1.80 bits per heavy atom. The molecule has 0 saturated carbocycles. The van der Waals surface area contributed by atoms with Gasteiger partial charge in [0.05, 0.1) is 9.79 Å². The zero-order valence-electron chi connectivity index (χ0n) is 12.5. The number of carbonyl (C=O) groups is 2. The van der Waals surface area contributed by atoms with Gasteiger partial charge in [0.15, 0.2) is 5.78 Å². The van der Waals surface area contributed by atoms with Crippen molar-refractivity contribution in [3.63, 3.8) is 0 Å². The lowest BCUT2D eigenvalue weighted by Gasteiger charge is -2.19. The van der Waals surface area contributed by atoms with Crippen LogP contribution in [0.2, 0.25) is 0 Å². The molecule has 0 unspecified atom stereocenters. The van der Waals surface area contributed by atoms with Crippen molar-refractivity contribution < 1.29 is 18.0 Å². The van der Waals surface area contributed by atoms with E-state index in [9.17, 15) is 18.0 Å². The van der Waals surface area contributed by atoms with Gasteiger partial charge in [-0.1, -0.05) is 23.5 Å².